The molecular weight excluding hydrogens is 208 g/mol. The average molecular weight is 216 g/mol. The van der Waals surface area contributed by atoms with Crippen LogP contribution >= 0.6 is 11.3 Å². The molecule has 3 rings (SSSR count). The fraction of sp³-hybridized carbons (Fsp3) is 0. The van der Waals surface area contributed by atoms with Gasteiger partial charge in [0, 0.05) is 0 Å². The van der Waals surface area contributed by atoms with Crippen LogP contribution in [0.2, 0.25) is 0 Å². The topological polar surface area (TPSA) is 52.0 Å². The predicted octanol–water partition coefficient (Wildman–Crippen LogP) is 3.14. The molecule has 2 aromatic heterocycles. The Morgan fingerprint density at radius 1 is 1.20 bits per heavy atom. The van der Waals surface area contributed by atoms with Crippen molar-refractivity contribution in [3.05, 3.63) is 35.7 Å². The van der Waals surface area contributed by atoms with Crippen molar-refractivity contribution in [3.8, 4) is 11.5 Å². The van der Waals surface area contributed by atoms with Gasteiger partial charge < -0.3 is 10.2 Å². The number of anilines is 1. The summed E-state index contributed by atoms with van der Waals surface area (Å²) in [5, 5.41) is 2.67. The molecule has 0 amide bonds. The summed E-state index contributed by atoms with van der Waals surface area (Å²) in [7, 11) is 0. The molecule has 2 N–H and O–H groups in total. The molecule has 0 bridgehead atoms. The summed E-state index contributed by atoms with van der Waals surface area (Å²) in [6.07, 6.45) is 0. The molecule has 0 saturated carbocycles. The van der Waals surface area contributed by atoms with Crippen molar-refractivity contribution in [2.75, 3.05) is 5.73 Å². The van der Waals surface area contributed by atoms with Crippen LogP contribution in [0, 0.1) is 0 Å². The normalized spacial score (nSPS) is 10.9. The van der Waals surface area contributed by atoms with Gasteiger partial charge in [0.15, 0.2) is 5.58 Å². The van der Waals surface area contributed by atoms with Crippen molar-refractivity contribution >= 4 is 27.4 Å². The number of fused-ring (bicyclic) bond motifs is 1. The highest BCUT2D eigenvalue weighted by Crippen LogP contribution is 2.31. The van der Waals surface area contributed by atoms with Crippen LogP contribution in [-0.4, -0.2) is 4.98 Å². The molecule has 3 aromatic rings. The summed E-state index contributed by atoms with van der Waals surface area (Å²) in [5.74, 6) is 0.593. The highest BCUT2D eigenvalue weighted by molar-refractivity contribution is 7.14. The van der Waals surface area contributed by atoms with Gasteiger partial charge in [-0.15, -0.1) is 11.3 Å². The number of para-hydroxylation sites is 2. The summed E-state index contributed by atoms with van der Waals surface area (Å²) in [4.78, 5) is 4.38. The molecule has 0 radical (unpaired) electrons. The Bertz CT molecular complexity index is 579. The Hall–Kier alpha value is -1.81. The lowest BCUT2D eigenvalue weighted by molar-refractivity contribution is 0.620. The second kappa shape index (κ2) is 3.10. The van der Waals surface area contributed by atoms with Crippen LogP contribution in [-0.2, 0) is 0 Å². The maximum Gasteiger partial charge on any atom is 0.230 e. The quantitative estimate of drug-likeness (QED) is 0.679. The first-order chi connectivity index (χ1) is 7.34. The summed E-state index contributed by atoms with van der Waals surface area (Å²) < 4.78 is 5.61. The number of nitrogens with two attached hydrogens (primary N) is 1. The van der Waals surface area contributed by atoms with Crippen LogP contribution in [0.3, 0.4) is 0 Å². The minimum Gasteiger partial charge on any atom is -0.436 e. The van der Waals surface area contributed by atoms with Gasteiger partial charge in [-0.2, -0.15) is 0 Å². The Morgan fingerprint density at radius 3 is 2.80 bits per heavy atom. The number of nitrogens with zero attached hydrogens (tertiary/aromatic N) is 1. The second-order valence-corrected chi connectivity index (χ2v) is 4.13. The molecule has 0 aliphatic heterocycles. The van der Waals surface area contributed by atoms with E-state index in [-0.39, 0.29) is 0 Å². The van der Waals surface area contributed by atoms with Gasteiger partial charge in [0.25, 0.3) is 0 Å². The Balaban J connectivity index is 2.24. The monoisotopic (exact) mass is 216 g/mol. The predicted molar refractivity (Wildman–Crippen MR) is 61.7 cm³/mol. The minimum absolute atomic E-state index is 0.593. The first-order valence-electron chi connectivity index (χ1n) is 4.53. The molecule has 0 spiro atoms. The molecule has 0 unspecified atom stereocenters. The third-order valence-corrected chi connectivity index (χ3v) is 2.97. The van der Waals surface area contributed by atoms with E-state index in [1.807, 2.05) is 35.7 Å². The Kier molecular flexibility index (Phi) is 1.76. The van der Waals surface area contributed by atoms with Crippen molar-refractivity contribution in [1.82, 2.24) is 4.98 Å². The zero-order valence-electron chi connectivity index (χ0n) is 7.81. The van der Waals surface area contributed by atoms with Crippen LogP contribution in [0.25, 0.3) is 22.6 Å². The van der Waals surface area contributed by atoms with Gasteiger partial charge in [-0.25, -0.2) is 4.98 Å². The first-order valence-corrected chi connectivity index (χ1v) is 5.41. The van der Waals surface area contributed by atoms with Gasteiger partial charge in [0.2, 0.25) is 5.89 Å². The summed E-state index contributed by atoms with van der Waals surface area (Å²) in [5.41, 5.74) is 8.33. The van der Waals surface area contributed by atoms with E-state index in [0.717, 1.165) is 21.7 Å². The first kappa shape index (κ1) is 8.49. The number of benzene rings is 1. The minimum atomic E-state index is 0.593. The largest absolute Gasteiger partial charge is 0.436 e. The van der Waals surface area contributed by atoms with E-state index in [2.05, 4.69) is 4.98 Å². The lowest BCUT2D eigenvalue weighted by atomic mass is 10.3. The third-order valence-electron chi connectivity index (χ3n) is 2.22. The van der Waals surface area contributed by atoms with Crippen LogP contribution in [0.15, 0.2) is 40.1 Å². The van der Waals surface area contributed by atoms with Crippen molar-refractivity contribution < 1.29 is 4.42 Å². The molecular formula is C11H8N2OS. The average Bonchev–Trinajstić information content (AvgIpc) is 2.82. The fourth-order valence-electron chi connectivity index (χ4n) is 1.49. The molecule has 2 heterocycles. The van der Waals surface area contributed by atoms with E-state index in [1.54, 1.807) is 0 Å². The molecule has 0 aliphatic rings. The summed E-state index contributed by atoms with van der Waals surface area (Å²) in [6.45, 7) is 0. The number of aromatic nitrogens is 1. The van der Waals surface area contributed by atoms with E-state index in [1.165, 1.54) is 11.3 Å². The molecule has 0 fully saturated rings. The number of hydrogen-bond acceptors (Lipinski definition) is 4. The number of nitrogen functional groups attached to an aromatic ring is 1. The van der Waals surface area contributed by atoms with Gasteiger partial charge in [0.1, 0.15) is 5.52 Å². The molecule has 0 saturated heterocycles. The number of rotatable bonds is 1. The molecule has 74 valence electrons. The van der Waals surface area contributed by atoms with Gasteiger partial charge >= 0.3 is 0 Å². The lowest BCUT2D eigenvalue weighted by Gasteiger charge is -1.90. The molecule has 1 aromatic carbocycles. The van der Waals surface area contributed by atoms with Gasteiger partial charge in [-0.1, -0.05) is 12.1 Å². The molecule has 3 nitrogen and oxygen atoms in total. The Labute approximate surface area is 90.2 Å². The van der Waals surface area contributed by atoms with Crippen molar-refractivity contribution in [2.45, 2.75) is 0 Å². The number of thiophene rings is 1. The zero-order valence-corrected chi connectivity index (χ0v) is 8.62. The molecule has 0 aliphatic carbocycles. The van der Waals surface area contributed by atoms with Crippen LogP contribution in [0.4, 0.5) is 5.00 Å². The van der Waals surface area contributed by atoms with E-state index < -0.39 is 0 Å². The van der Waals surface area contributed by atoms with Gasteiger partial charge in [0.05, 0.1) is 10.6 Å². The SMILES string of the molecule is Nc1sccc1-c1nc2ccccc2o1. The molecule has 0 atom stereocenters. The van der Waals surface area contributed by atoms with Crippen molar-refractivity contribution in [3.63, 3.8) is 0 Å². The smallest absolute Gasteiger partial charge is 0.230 e. The zero-order chi connectivity index (χ0) is 10.3. The van der Waals surface area contributed by atoms with Crippen molar-refractivity contribution in [1.29, 1.82) is 0 Å². The van der Waals surface area contributed by atoms with Crippen LogP contribution in [0.5, 0.6) is 0 Å². The van der Waals surface area contributed by atoms with Gasteiger partial charge in [-0.3, -0.25) is 0 Å². The third kappa shape index (κ3) is 1.30. The number of hydrogen-bond donors (Lipinski definition) is 1. The summed E-state index contributed by atoms with van der Waals surface area (Å²) in [6, 6.07) is 9.60. The highest BCUT2D eigenvalue weighted by Gasteiger charge is 2.10. The highest BCUT2D eigenvalue weighted by atomic mass is 32.1. The van der Waals surface area contributed by atoms with Crippen molar-refractivity contribution in [2.24, 2.45) is 0 Å². The number of oxazole rings is 1. The fourth-order valence-corrected chi connectivity index (χ4v) is 2.12. The molecule has 4 heteroatoms. The van der Waals surface area contributed by atoms with E-state index >= 15 is 0 Å². The summed E-state index contributed by atoms with van der Waals surface area (Å²) >= 11 is 1.49. The van der Waals surface area contributed by atoms with E-state index in [9.17, 15) is 0 Å². The van der Waals surface area contributed by atoms with Crippen LogP contribution < -0.4 is 5.73 Å². The lowest BCUT2D eigenvalue weighted by Crippen LogP contribution is -1.82. The Morgan fingerprint density at radius 2 is 2.07 bits per heavy atom. The van der Waals surface area contributed by atoms with Crippen LogP contribution in [0.1, 0.15) is 0 Å². The van der Waals surface area contributed by atoms with Gasteiger partial charge in [-0.05, 0) is 23.6 Å². The molecule has 15 heavy (non-hydrogen) atoms. The van der Waals surface area contributed by atoms with E-state index in [4.69, 9.17) is 10.2 Å². The second-order valence-electron chi connectivity index (χ2n) is 3.19. The maximum absolute atomic E-state index is 5.81. The van der Waals surface area contributed by atoms with E-state index in [0.29, 0.717) is 5.89 Å². The standard InChI is InChI=1S/C11H8N2OS/c12-10-7(5-6-15-10)11-13-8-3-1-2-4-9(8)14-11/h1-6H,12H2. The maximum atomic E-state index is 5.81.